The molecule has 3 nitrogen and oxygen atoms in total. The summed E-state index contributed by atoms with van der Waals surface area (Å²) < 4.78 is 0.885. The molecule has 1 saturated heterocycles. The molecule has 0 bridgehead atoms. The minimum Gasteiger partial charge on any atom is -0.338 e. The second-order valence-corrected chi connectivity index (χ2v) is 6.08. The van der Waals surface area contributed by atoms with E-state index in [1.54, 1.807) is 0 Å². The van der Waals surface area contributed by atoms with Crippen molar-refractivity contribution < 1.29 is 4.79 Å². The van der Waals surface area contributed by atoms with Crippen LogP contribution in [-0.2, 0) is 0 Å². The molecule has 0 atom stereocenters. The SMILES string of the molecule is CCN(CC)C1CCN(C(=O)c2ccccc2Br)CC1. The van der Waals surface area contributed by atoms with Gasteiger partial charge >= 0.3 is 0 Å². The van der Waals surface area contributed by atoms with Crippen LogP contribution >= 0.6 is 15.9 Å². The van der Waals surface area contributed by atoms with Crippen molar-refractivity contribution in [2.75, 3.05) is 26.2 Å². The van der Waals surface area contributed by atoms with Gasteiger partial charge in [-0.15, -0.1) is 0 Å². The van der Waals surface area contributed by atoms with E-state index in [0.29, 0.717) is 6.04 Å². The van der Waals surface area contributed by atoms with Gasteiger partial charge in [-0.1, -0.05) is 26.0 Å². The third-order valence-corrected chi connectivity index (χ3v) is 4.88. The Morgan fingerprint density at radius 3 is 2.40 bits per heavy atom. The molecule has 2 rings (SSSR count). The Bertz CT molecular complexity index is 452. The Morgan fingerprint density at radius 1 is 1.25 bits per heavy atom. The van der Waals surface area contributed by atoms with Crippen LogP contribution in [0.3, 0.4) is 0 Å². The molecule has 0 radical (unpaired) electrons. The lowest BCUT2D eigenvalue weighted by molar-refractivity contribution is 0.0630. The van der Waals surface area contributed by atoms with Crippen molar-refractivity contribution in [3.63, 3.8) is 0 Å². The van der Waals surface area contributed by atoms with Gasteiger partial charge in [0.1, 0.15) is 0 Å². The standard InChI is InChI=1S/C16H23BrN2O/c1-3-18(4-2)13-9-11-19(12-10-13)16(20)14-7-5-6-8-15(14)17/h5-8,13H,3-4,9-12H2,1-2H3. The Kier molecular flexibility index (Phi) is 5.61. The molecule has 0 N–H and O–H groups in total. The zero-order valence-corrected chi connectivity index (χ0v) is 13.9. The average molecular weight is 339 g/mol. The van der Waals surface area contributed by atoms with E-state index < -0.39 is 0 Å². The number of rotatable bonds is 4. The number of hydrogen-bond acceptors (Lipinski definition) is 2. The minimum atomic E-state index is 0.149. The maximum Gasteiger partial charge on any atom is 0.254 e. The van der Waals surface area contributed by atoms with Crippen LogP contribution in [0.2, 0.25) is 0 Å². The van der Waals surface area contributed by atoms with Gasteiger partial charge in [0, 0.05) is 23.6 Å². The zero-order chi connectivity index (χ0) is 14.5. The van der Waals surface area contributed by atoms with Gasteiger partial charge in [0.15, 0.2) is 0 Å². The molecule has 1 aliphatic heterocycles. The summed E-state index contributed by atoms with van der Waals surface area (Å²) in [4.78, 5) is 17.0. The van der Waals surface area contributed by atoms with E-state index in [4.69, 9.17) is 0 Å². The molecule has 1 aliphatic rings. The number of likely N-dealkylation sites (tertiary alicyclic amines) is 1. The average Bonchev–Trinajstić information content (AvgIpc) is 2.49. The molecule has 0 aliphatic carbocycles. The van der Waals surface area contributed by atoms with Crippen LogP contribution in [-0.4, -0.2) is 47.9 Å². The maximum absolute atomic E-state index is 12.5. The third-order valence-electron chi connectivity index (χ3n) is 4.18. The smallest absolute Gasteiger partial charge is 0.254 e. The summed E-state index contributed by atoms with van der Waals surface area (Å²) >= 11 is 3.47. The highest BCUT2D eigenvalue weighted by Gasteiger charge is 2.26. The van der Waals surface area contributed by atoms with Gasteiger partial charge in [-0.3, -0.25) is 4.79 Å². The number of amides is 1. The highest BCUT2D eigenvalue weighted by molar-refractivity contribution is 9.10. The van der Waals surface area contributed by atoms with Crippen LogP contribution in [0.4, 0.5) is 0 Å². The van der Waals surface area contributed by atoms with Crippen molar-refractivity contribution in [1.29, 1.82) is 0 Å². The molecule has 1 aromatic rings. The van der Waals surface area contributed by atoms with Gasteiger partial charge in [-0.05, 0) is 54.0 Å². The van der Waals surface area contributed by atoms with Crippen molar-refractivity contribution in [2.24, 2.45) is 0 Å². The number of halogens is 1. The van der Waals surface area contributed by atoms with Crippen LogP contribution in [0.5, 0.6) is 0 Å². The Hall–Kier alpha value is -0.870. The van der Waals surface area contributed by atoms with Crippen molar-refractivity contribution in [3.05, 3.63) is 34.3 Å². The Morgan fingerprint density at radius 2 is 1.85 bits per heavy atom. The second kappa shape index (κ2) is 7.23. The number of carbonyl (C=O) groups excluding carboxylic acids is 1. The monoisotopic (exact) mass is 338 g/mol. The predicted octanol–water partition coefficient (Wildman–Crippen LogP) is 3.40. The first-order valence-electron chi connectivity index (χ1n) is 7.45. The molecule has 1 aromatic carbocycles. The third kappa shape index (κ3) is 3.41. The predicted molar refractivity (Wildman–Crippen MR) is 86.0 cm³/mol. The fourth-order valence-corrected chi connectivity index (χ4v) is 3.43. The minimum absolute atomic E-state index is 0.149. The van der Waals surface area contributed by atoms with Crippen LogP contribution in [0.15, 0.2) is 28.7 Å². The van der Waals surface area contributed by atoms with E-state index in [1.165, 1.54) is 0 Å². The molecule has 1 amide bonds. The summed E-state index contributed by atoms with van der Waals surface area (Å²) in [6, 6.07) is 8.31. The molecule has 1 heterocycles. The van der Waals surface area contributed by atoms with Gasteiger partial charge < -0.3 is 9.80 Å². The zero-order valence-electron chi connectivity index (χ0n) is 12.3. The maximum atomic E-state index is 12.5. The largest absolute Gasteiger partial charge is 0.338 e. The van der Waals surface area contributed by atoms with E-state index in [1.807, 2.05) is 29.2 Å². The summed E-state index contributed by atoms with van der Waals surface area (Å²) in [7, 11) is 0. The summed E-state index contributed by atoms with van der Waals surface area (Å²) in [5, 5.41) is 0. The second-order valence-electron chi connectivity index (χ2n) is 5.22. The van der Waals surface area contributed by atoms with E-state index in [9.17, 15) is 4.79 Å². The first-order chi connectivity index (χ1) is 9.67. The fourth-order valence-electron chi connectivity index (χ4n) is 2.98. The summed E-state index contributed by atoms with van der Waals surface area (Å²) in [5.41, 5.74) is 0.772. The molecule has 20 heavy (non-hydrogen) atoms. The lowest BCUT2D eigenvalue weighted by atomic mass is 10.0. The molecular weight excluding hydrogens is 316 g/mol. The molecule has 0 spiro atoms. The van der Waals surface area contributed by atoms with Gasteiger partial charge in [0.2, 0.25) is 0 Å². The van der Waals surface area contributed by atoms with E-state index in [2.05, 4.69) is 34.7 Å². The highest BCUT2D eigenvalue weighted by Crippen LogP contribution is 2.22. The number of piperidine rings is 1. The van der Waals surface area contributed by atoms with Crippen molar-refractivity contribution >= 4 is 21.8 Å². The van der Waals surface area contributed by atoms with Crippen molar-refractivity contribution in [3.8, 4) is 0 Å². The van der Waals surface area contributed by atoms with E-state index in [0.717, 1.165) is 49.1 Å². The highest BCUT2D eigenvalue weighted by atomic mass is 79.9. The van der Waals surface area contributed by atoms with Gasteiger partial charge in [-0.2, -0.15) is 0 Å². The van der Waals surface area contributed by atoms with Crippen molar-refractivity contribution in [1.82, 2.24) is 9.80 Å². The topological polar surface area (TPSA) is 23.6 Å². The number of nitrogens with zero attached hydrogens (tertiary/aromatic N) is 2. The first-order valence-corrected chi connectivity index (χ1v) is 8.24. The summed E-state index contributed by atoms with van der Waals surface area (Å²) in [6.45, 7) is 8.34. The lowest BCUT2D eigenvalue weighted by Crippen LogP contribution is -2.46. The van der Waals surface area contributed by atoms with Crippen LogP contribution in [0, 0.1) is 0 Å². The summed E-state index contributed by atoms with van der Waals surface area (Å²) in [5.74, 6) is 0.149. The lowest BCUT2D eigenvalue weighted by Gasteiger charge is -2.37. The molecule has 0 saturated carbocycles. The van der Waals surface area contributed by atoms with Crippen LogP contribution in [0.25, 0.3) is 0 Å². The first kappa shape index (κ1) is 15.5. The molecule has 1 fully saturated rings. The normalized spacial score (nSPS) is 16.7. The Labute approximate surface area is 130 Å². The molecular formula is C16H23BrN2O. The molecule has 110 valence electrons. The fraction of sp³-hybridized carbons (Fsp3) is 0.562. The molecule has 0 aromatic heterocycles. The molecule has 0 unspecified atom stereocenters. The van der Waals surface area contributed by atoms with Crippen molar-refractivity contribution in [2.45, 2.75) is 32.7 Å². The Balaban J connectivity index is 1.97. The van der Waals surface area contributed by atoms with Crippen LogP contribution < -0.4 is 0 Å². The van der Waals surface area contributed by atoms with Crippen LogP contribution in [0.1, 0.15) is 37.0 Å². The number of carbonyl (C=O) groups is 1. The van der Waals surface area contributed by atoms with Gasteiger partial charge in [0.05, 0.1) is 5.56 Å². The number of benzene rings is 1. The van der Waals surface area contributed by atoms with Gasteiger partial charge in [0.25, 0.3) is 5.91 Å². The number of hydrogen-bond donors (Lipinski definition) is 0. The van der Waals surface area contributed by atoms with E-state index >= 15 is 0 Å². The summed E-state index contributed by atoms with van der Waals surface area (Å²) in [6.07, 6.45) is 2.16. The quantitative estimate of drug-likeness (QED) is 0.839. The molecule has 4 heteroatoms. The van der Waals surface area contributed by atoms with Gasteiger partial charge in [-0.25, -0.2) is 0 Å². The van der Waals surface area contributed by atoms with E-state index in [-0.39, 0.29) is 5.91 Å².